The van der Waals surface area contributed by atoms with Gasteiger partial charge in [0.05, 0.1) is 19.3 Å². The summed E-state index contributed by atoms with van der Waals surface area (Å²) in [4.78, 5) is 0. The molecule has 0 bridgehead atoms. The molecular weight excluding hydrogens is 266 g/mol. The predicted molar refractivity (Wildman–Crippen MR) is 82.3 cm³/mol. The number of hydrogen-bond acceptors (Lipinski definition) is 4. The van der Waals surface area contributed by atoms with Crippen molar-refractivity contribution in [3.8, 4) is 0 Å². The molecule has 3 fully saturated rings. The van der Waals surface area contributed by atoms with Gasteiger partial charge in [0.25, 0.3) is 0 Å². The summed E-state index contributed by atoms with van der Waals surface area (Å²) < 4.78 is 18.2. The Morgan fingerprint density at radius 1 is 1.14 bits per heavy atom. The van der Waals surface area contributed by atoms with E-state index in [-0.39, 0.29) is 11.9 Å². The van der Waals surface area contributed by atoms with Gasteiger partial charge in [-0.05, 0) is 38.1 Å². The highest BCUT2D eigenvalue weighted by molar-refractivity contribution is 4.92. The van der Waals surface area contributed by atoms with Crippen LogP contribution in [0.3, 0.4) is 0 Å². The fourth-order valence-corrected chi connectivity index (χ4v) is 4.05. The number of nitrogens with one attached hydrogen (secondary N) is 1. The second-order valence-corrected chi connectivity index (χ2v) is 6.93. The third-order valence-corrected chi connectivity index (χ3v) is 5.29. The molecule has 0 aromatic rings. The highest BCUT2D eigenvalue weighted by atomic mass is 16.7. The van der Waals surface area contributed by atoms with Crippen molar-refractivity contribution in [3.63, 3.8) is 0 Å². The highest BCUT2D eigenvalue weighted by Crippen LogP contribution is 2.37. The Kier molecular flexibility index (Phi) is 5.54. The molecule has 1 heterocycles. The summed E-state index contributed by atoms with van der Waals surface area (Å²) >= 11 is 0. The molecular formula is C17H31NO3. The van der Waals surface area contributed by atoms with Crippen LogP contribution in [-0.2, 0) is 14.2 Å². The summed E-state index contributed by atoms with van der Waals surface area (Å²) in [5.74, 6) is 0.435. The molecule has 1 N–H and O–H groups in total. The third kappa shape index (κ3) is 3.98. The molecule has 1 aliphatic heterocycles. The van der Waals surface area contributed by atoms with E-state index >= 15 is 0 Å². The van der Waals surface area contributed by atoms with Crippen LogP contribution in [-0.4, -0.2) is 44.3 Å². The number of rotatable bonds is 6. The van der Waals surface area contributed by atoms with Gasteiger partial charge in [-0.15, -0.1) is 0 Å². The number of hydrogen-bond donors (Lipinski definition) is 1. The van der Waals surface area contributed by atoms with Gasteiger partial charge in [-0.1, -0.05) is 19.8 Å². The molecule has 3 rings (SSSR count). The second-order valence-electron chi connectivity index (χ2n) is 6.93. The maximum atomic E-state index is 6.34. The van der Waals surface area contributed by atoms with Crippen LogP contribution in [0.1, 0.15) is 58.3 Å². The lowest BCUT2D eigenvalue weighted by Gasteiger charge is -2.41. The van der Waals surface area contributed by atoms with E-state index in [2.05, 4.69) is 12.2 Å². The van der Waals surface area contributed by atoms with Crippen LogP contribution in [0.15, 0.2) is 0 Å². The van der Waals surface area contributed by atoms with Gasteiger partial charge in [0.15, 0.2) is 5.79 Å². The van der Waals surface area contributed by atoms with Crippen LogP contribution in [0.4, 0.5) is 0 Å². The van der Waals surface area contributed by atoms with Gasteiger partial charge in [0, 0.05) is 25.5 Å². The molecule has 2 unspecified atom stereocenters. The molecule has 2 aliphatic carbocycles. The molecule has 2 saturated carbocycles. The highest BCUT2D eigenvalue weighted by Gasteiger charge is 2.45. The zero-order chi connectivity index (χ0) is 14.5. The minimum absolute atomic E-state index is 0.240. The van der Waals surface area contributed by atoms with Gasteiger partial charge in [-0.3, -0.25) is 0 Å². The zero-order valence-electron chi connectivity index (χ0n) is 13.4. The SMILES string of the molecule is CCCNC1CCC2(CC1OCC1CCCC1)OCCO2. The topological polar surface area (TPSA) is 39.7 Å². The lowest BCUT2D eigenvalue weighted by molar-refractivity contribution is -0.208. The van der Waals surface area contributed by atoms with Crippen LogP contribution in [0.5, 0.6) is 0 Å². The van der Waals surface area contributed by atoms with E-state index in [1.165, 1.54) is 32.1 Å². The molecule has 1 spiro atoms. The van der Waals surface area contributed by atoms with Crippen molar-refractivity contribution in [1.82, 2.24) is 5.32 Å². The summed E-state index contributed by atoms with van der Waals surface area (Å²) in [7, 11) is 0. The molecule has 0 radical (unpaired) electrons. The quantitative estimate of drug-likeness (QED) is 0.818. The molecule has 0 aromatic carbocycles. The monoisotopic (exact) mass is 297 g/mol. The Morgan fingerprint density at radius 2 is 1.90 bits per heavy atom. The lowest BCUT2D eigenvalue weighted by Crippen LogP contribution is -2.52. The Labute approximate surface area is 128 Å². The average Bonchev–Trinajstić information content (AvgIpc) is 3.16. The second kappa shape index (κ2) is 7.40. The van der Waals surface area contributed by atoms with Crippen molar-refractivity contribution in [2.75, 3.05) is 26.4 Å². The van der Waals surface area contributed by atoms with Gasteiger partial charge in [-0.25, -0.2) is 0 Å². The Morgan fingerprint density at radius 3 is 2.62 bits per heavy atom. The molecule has 4 nitrogen and oxygen atoms in total. The van der Waals surface area contributed by atoms with Crippen molar-refractivity contribution in [1.29, 1.82) is 0 Å². The maximum absolute atomic E-state index is 6.34. The Bertz CT molecular complexity index is 311. The molecule has 0 amide bonds. The van der Waals surface area contributed by atoms with Gasteiger partial charge in [0.1, 0.15) is 0 Å². The van der Waals surface area contributed by atoms with Crippen molar-refractivity contribution in [2.45, 2.75) is 76.2 Å². The van der Waals surface area contributed by atoms with E-state index in [4.69, 9.17) is 14.2 Å². The summed E-state index contributed by atoms with van der Waals surface area (Å²) in [6.07, 6.45) is 9.84. The summed E-state index contributed by atoms with van der Waals surface area (Å²) in [6.45, 7) is 5.69. The van der Waals surface area contributed by atoms with E-state index in [1.807, 2.05) is 0 Å². The first-order chi connectivity index (χ1) is 10.3. The van der Waals surface area contributed by atoms with E-state index < -0.39 is 0 Å². The predicted octanol–water partition coefficient (Wildman–Crippen LogP) is 2.86. The summed E-state index contributed by atoms with van der Waals surface area (Å²) in [6, 6.07) is 0.463. The van der Waals surface area contributed by atoms with Crippen molar-refractivity contribution < 1.29 is 14.2 Å². The molecule has 122 valence electrons. The fraction of sp³-hybridized carbons (Fsp3) is 1.00. The van der Waals surface area contributed by atoms with Crippen molar-refractivity contribution in [2.24, 2.45) is 5.92 Å². The fourth-order valence-electron chi connectivity index (χ4n) is 4.05. The number of ether oxygens (including phenoxy) is 3. The van der Waals surface area contributed by atoms with E-state index in [1.54, 1.807) is 0 Å². The molecule has 4 heteroatoms. The summed E-state index contributed by atoms with van der Waals surface area (Å²) in [5.41, 5.74) is 0. The first kappa shape index (κ1) is 15.7. The Hall–Kier alpha value is -0.160. The van der Waals surface area contributed by atoms with Gasteiger partial charge < -0.3 is 19.5 Å². The third-order valence-electron chi connectivity index (χ3n) is 5.29. The molecule has 2 atom stereocenters. The van der Waals surface area contributed by atoms with E-state index in [0.29, 0.717) is 6.04 Å². The first-order valence-corrected chi connectivity index (χ1v) is 8.94. The van der Waals surface area contributed by atoms with Gasteiger partial charge in [-0.2, -0.15) is 0 Å². The average molecular weight is 297 g/mol. The van der Waals surface area contributed by atoms with E-state index in [9.17, 15) is 0 Å². The zero-order valence-corrected chi connectivity index (χ0v) is 13.4. The first-order valence-electron chi connectivity index (χ1n) is 8.94. The van der Waals surface area contributed by atoms with Crippen LogP contribution in [0, 0.1) is 5.92 Å². The molecule has 3 aliphatic rings. The molecule has 0 aromatic heterocycles. The molecule has 21 heavy (non-hydrogen) atoms. The minimum atomic E-state index is -0.343. The van der Waals surface area contributed by atoms with Crippen LogP contribution >= 0.6 is 0 Å². The van der Waals surface area contributed by atoms with Crippen LogP contribution in [0.2, 0.25) is 0 Å². The van der Waals surface area contributed by atoms with Gasteiger partial charge in [0.2, 0.25) is 0 Å². The van der Waals surface area contributed by atoms with Crippen LogP contribution in [0.25, 0.3) is 0 Å². The largest absolute Gasteiger partial charge is 0.376 e. The molecule has 1 saturated heterocycles. The maximum Gasteiger partial charge on any atom is 0.171 e. The van der Waals surface area contributed by atoms with Crippen LogP contribution < -0.4 is 5.32 Å². The minimum Gasteiger partial charge on any atom is -0.376 e. The standard InChI is InChI=1S/C17H31NO3/c1-2-9-18-15-7-8-17(20-10-11-21-17)12-16(15)19-13-14-5-3-4-6-14/h14-16,18H,2-13H2,1H3. The van der Waals surface area contributed by atoms with Crippen molar-refractivity contribution >= 4 is 0 Å². The van der Waals surface area contributed by atoms with Crippen molar-refractivity contribution in [3.05, 3.63) is 0 Å². The normalized spacial score (nSPS) is 33.0. The van der Waals surface area contributed by atoms with E-state index in [0.717, 1.165) is 51.5 Å². The smallest absolute Gasteiger partial charge is 0.171 e. The van der Waals surface area contributed by atoms with Gasteiger partial charge >= 0.3 is 0 Å². The Balaban J connectivity index is 1.55. The summed E-state index contributed by atoms with van der Waals surface area (Å²) in [5, 5.41) is 3.67. The lowest BCUT2D eigenvalue weighted by atomic mass is 9.87.